The molecule has 0 radical (unpaired) electrons. The average molecular weight is 415 g/mol. The lowest BCUT2D eigenvalue weighted by molar-refractivity contribution is -0.131. The van der Waals surface area contributed by atoms with Gasteiger partial charge in [-0.1, -0.05) is 30.3 Å². The minimum Gasteiger partial charge on any atom is -0.461 e. The minimum absolute atomic E-state index is 0.000316. The Morgan fingerprint density at radius 3 is 2.39 bits per heavy atom. The summed E-state index contributed by atoms with van der Waals surface area (Å²) in [6, 6.07) is 13.9. The second kappa shape index (κ2) is 7.73. The molecule has 158 valence electrons. The van der Waals surface area contributed by atoms with Crippen LogP contribution in [0.15, 0.2) is 56.1 Å². The standard InChI is InChI=1S/C26H25NO4/c1-16-19-13-21-23(30-17(2)25(21)18-9-5-3-6-10-18)15-22(19)31-26(29)20(16)14-24(28)27-11-7-4-8-12-27/h3,5-6,9-10,13,15H,4,7-8,11-12,14H2,1-2H3. The highest BCUT2D eigenvalue weighted by atomic mass is 16.4. The molecule has 5 heteroatoms. The first-order valence-corrected chi connectivity index (χ1v) is 10.9. The molecule has 31 heavy (non-hydrogen) atoms. The molecule has 2 aromatic heterocycles. The lowest BCUT2D eigenvalue weighted by atomic mass is 9.98. The van der Waals surface area contributed by atoms with Crippen LogP contribution in [0.25, 0.3) is 33.1 Å². The molecule has 0 N–H and O–H groups in total. The molecule has 1 fully saturated rings. The highest BCUT2D eigenvalue weighted by Gasteiger charge is 2.22. The van der Waals surface area contributed by atoms with E-state index in [0.717, 1.165) is 65.6 Å². The number of likely N-dealkylation sites (tertiary alicyclic amines) is 1. The quantitative estimate of drug-likeness (QED) is 0.422. The molecule has 2 aromatic carbocycles. The highest BCUT2D eigenvalue weighted by molar-refractivity contribution is 6.03. The van der Waals surface area contributed by atoms with Crippen LogP contribution in [0.3, 0.4) is 0 Å². The van der Waals surface area contributed by atoms with Gasteiger partial charge in [0, 0.05) is 35.5 Å². The fourth-order valence-electron chi connectivity index (χ4n) is 4.68. The molecular formula is C26H25NO4. The van der Waals surface area contributed by atoms with E-state index >= 15 is 0 Å². The van der Waals surface area contributed by atoms with Crippen molar-refractivity contribution in [1.29, 1.82) is 0 Å². The molecule has 1 aliphatic rings. The highest BCUT2D eigenvalue weighted by Crippen LogP contribution is 2.37. The van der Waals surface area contributed by atoms with Crippen LogP contribution in [-0.4, -0.2) is 23.9 Å². The summed E-state index contributed by atoms with van der Waals surface area (Å²) in [5, 5.41) is 1.81. The van der Waals surface area contributed by atoms with E-state index in [1.807, 2.05) is 43.0 Å². The maximum absolute atomic E-state index is 12.8. The summed E-state index contributed by atoms with van der Waals surface area (Å²) in [6.45, 7) is 5.38. The SMILES string of the molecule is Cc1oc2cc3oc(=O)c(CC(=O)N4CCCCC4)c(C)c3cc2c1-c1ccccc1. The smallest absolute Gasteiger partial charge is 0.340 e. The van der Waals surface area contributed by atoms with Crippen molar-refractivity contribution < 1.29 is 13.6 Å². The molecule has 3 heterocycles. The molecule has 1 amide bonds. The number of carbonyl (C=O) groups is 1. The lowest BCUT2D eigenvalue weighted by Gasteiger charge is -2.26. The largest absolute Gasteiger partial charge is 0.461 e. The summed E-state index contributed by atoms with van der Waals surface area (Å²) in [5.74, 6) is 0.816. The van der Waals surface area contributed by atoms with Gasteiger partial charge in [-0.2, -0.15) is 0 Å². The molecule has 5 rings (SSSR count). The summed E-state index contributed by atoms with van der Waals surface area (Å²) in [6.07, 6.45) is 3.29. The number of rotatable bonds is 3. The number of benzene rings is 2. The summed E-state index contributed by atoms with van der Waals surface area (Å²) in [5.41, 5.74) is 4.09. The van der Waals surface area contributed by atoms with Crippen LogP contribution in [0.1, 0.15) is 36.1 Å². The van der Waals surface area contributed by atoms with Crippen molar-refractivity contribution in [1.82, 2.24) is 4.90 Å². The van der Waals surface area contributed by atoms with Crippen molar-refractivity contribution in [2.75, 3.05) is 13.1 Å². The Morgan fingerprint density at radius 2 is 1.65 bits per heavy atom. The van der Waals surface area contributed by atoms with E-state index in [2.05, 4.69) is 12.1 Å². The molecule has 0 unspecified atom stereocenters. The Labute approximate surface area is 180 Å². The van der Waals surface area contributed by atoms with Gasteiger partial charge in [0.25, 0.3) is 0 Å². The summed E-state index contributed by atoms with van der Waals surface area (Å²) >= 11 is 0. The van der Waals surface area contributed by atoms with Gasteiger partial charge in [-0.25, -0.2) is 4.79 Å². The number of fused-ring (bicyclic) bond motifs is 2. The Bertz CT molecular complexity index is 1340. The topological polar surface area (TPSA) is 63.7 Å². The first-order chi connectivity index (χ1) is 15.0. The van der Waals surface area contributed by atoms with E-state index < -0.39 is 5.63 Å². The Kier molecular flexibility index (Phi) is 4.89. The van der Waals surface area contributed by atoms with Crippen LogP contribution in [0.4, 0.5) is 0 Å². The number of aryl methyl sites for hydroxylation is 2. The molecule has 0 saturated carbocycles. The van der Waals surface area contributed by atoms with Crippen molar-refractivity contribution in [3.63, 3.8) is 0 Å². The Hall–Kier alpha value is -3.34. The van der Waals surface area contributed by atoms with Crippen molar-refractivity contribution in [2.24, 2.45) is 0 Å². The van der Waals surface area contributed by atoms with Crippen LogP contribution in [0.2, 0.25) is 0 Å². The third kappa shape index (κ3) is 3.44. The van der Waals surface area contributed by atoms with Crippen LogP contribution in [0.5, 0.6) is 0 Å². The Balaban J connectivity index is 1.63. The first-order valence-electron chi connectivity index (χ1n) is 10.9. The third-order valence-corrected chi connectivity index (χ3v) is 6.37. The zero-order valence-electron chi connectivity index (χ0n) is 17.9. The van der Waals surface area contributed by atoms with Gasteiger partial charge in [0.2, 0.25) is 5.91 Å². The molecule has 0 aliphatic carbocycles. The van der Waals surface area contributed by atoms with Gasteiger partial charge in [0.05, 0.1) is 12.0 Å². The normalized spacial score (nSPS) is 14.5. The number of hydrogen-bond acceptors (Lipinski definition) is 4. The molecule has 0 atom stereocenters. The predicted molar refractivity (Wildman–Crippen MR) is 121 cm³/mol. The predicted octanol–water partition coefficient (Wildman–Crippen LogP) is 5.38. The van der Waals surface area contributed by atoms with Gasteiger partial charge >= 0.3 is 5.63 Å². The van der Waals surface area contributed by atoms with Gasteiger partial charge in [0.15, 0.2) is 0 Å². The number of carbonyl (C=O) groups excluding carboxylic acids is 1. The zero-order valence-corrected chi connectivity index (χ0v) is 17.9. The van der Waals surface area contributed by atoms with Crippen molar-refractivity contribution >= 4 is 27.8 Å². The van der Waals surface area contributed by atoms with Crippen LogP contribution < -0.4 is 5.63 Å². The molecule has 0 bridgehead atoms. The van der Waals surface area contributed by atoms with E-state index in [1.165, 1.54) is 0 Å². The number of piperidine rings is 1. The van der Waals surface area contributed by atoms with E-state index in [1.54, 1.807) is 6.07 Å². The second-order valence-electron chi connectivity index (χ2n) is 8.36. The van der Waals surface area contributed by atoms with Gasteiger partial charge < -0.3 is 13.7 Å². The van der Waals surface area contributed by atoms with E-state index in [4.69, 9.17) is 8.83 Å². The van der Waals surface area contributed by atoms with E-state index in [9.17, 15) is 9.59 Å². The van der Waals surface area contributed by atoms with Crippen molar-refractivity contribution in [2.45, 2.75) is 39.5 Å². The molecule has 5 nitrogen and oxygen atoms in total. The van der Waals surface area contributed by atoms with E-state index in [0.29, 0.717) is 16.7 Å². The molecule has 4 aromatic rings. The fourth-order valence-corrected chi connectivity index (χ4v) is 4.68. The van der Waals surface area contributed by atoms with Gasteiger partial charge in [-0.3, -0.25) is 4.79 Å². The van der Waals surface area contributed by atoms with Crippen LogP contribution >= 0.6 is 0 Å². The number of furan rings is 1. The second-order valence-corrected chi connectivity index (χ2v) is 8.36. The van der Waals surface area contributed by atoms with Crippen molar-refractivity contribution in [3.8, 4) is 11.1 Å². The number of hydrogen-bond donors (Lipinski definition) is 0. The molecule has 1 saturated heterocycles. The molecule has 0 spiro atoms. The summed E-state index contributed by atoms with van der Waals surface area (Å²) in [7, 11) is 0. The van der Waals surface area contributed by atoms with Crippen LogP contribution in [0, 0.1) is 13.8 Å². The fraction of sp³-hybridized carbons (Fsp3) is 0.308. The average Bonchev–Trinajstić information content (AvgIpc) is 3.11. The monoisotopic (exact) mass is 415 g/mol. The Morgan fingerprint density at radius 1 is 0.935 bits per heavy atom. The third-order valence-electron chi connectivity index (χ3n) is 6.37. The minimum atomic E-state index is -0.443. The van der Waals surface area contributed by atoms with E-state index in [-0.39, 0.29) is 12.3 Å². The summed E-state index contributed by atoms with van der Waals surface area (Å²) < 4.78 is 11.6. The van der Waals surface area contributed by atoms with Crippen LogP contribution in [-0.2, 0) is 11.2 Å². The molecule has 1 aliphatic heterocycles. The van der Waals surface area contributed by atoms with Gasteiger partial charge in [-0.05, 0) is 50.3 Å². The maximum atomic E-state index is 12.8. The number of nitrogens with zero attached hydrogens (tertiary/aromatic N) is 1. The maximum Gasteiger partial charge on any atom is 0.340 e. The lowest BCUT2D eigenvalue weighted by Crippen LogP contribution is -2.37. The zero-order chi connectivity index (χ0) is 21.5. The van der Waals surface area contributed by atoms with Crippen molar-refractivity contribution in [3.05, 3.63) is 69.8 Å². The summed E-state index contributed by atoms with van der Waals surface area (Å²) in [4.78, 5) is 27.4. The van der Waals surface area contributed by atoms with Gasteiger partial charge in [0.1, 0.15) is 16.9 Å². The number of amides is 1. The first kappa shape index (κ1) is 19.6. The van der Waals surface area contributed by atoms with Gasteiger partial charge in [-0.15, -0.1) is 0 Å². The molecular weight excluding hydrogens is 390 g/mol.